The van der Waals surface area contributed by atoms with Crippen molar-refractivity contribution in [1.82, 2.24) is 0 Å². The van der Waals surface area contributed by atoms with Gasteiger partial charge in [-0.15, -0.1) is 23.2 Å². The minimum Gasteiger partial charge on any atom is -0.274 e. The van der Waals surface area contributed by atoms with E-state index in [-0.39, 0.29) is 20.9 Å². The quantitative estimate of drug-likeness (QED) is 0.338. The normalized spacial score (nSPS) is 24.3. The van der Waals surface area contributed by atoms with E-state index in [1.54, 1.807) is 6.92 Å². The van der Waals surface area contributed by atoms with E-state index in [4.69, 9.17) is 58.0 Å². The van der Waals surface area contributed by atoms with E-state index in [2.05, 4.69) is 10.5 Å². The molecule has 1 atom stereocenters. The van der Waals surface area contributed by atoms with Crippen LogP contribution >= 0.6 is 58.0 Å². The van der Waals surface area contributed by atoms with Gasteiger partial charge in [0.2, 0.25) is 0 Å². The zero-order valence-electron chi connectivity index (χ0n) is 10.8. The minimum absolute atomic E-state index is 0.00785. The van der Waals surface area contributed by atoms with Crippen LogP contribution in [-0.2, 0) is 6.18 Å². The molecule has 1 unspecified atom stereocenters. The zero-order valence-corrected chi connectivity index (χ0v) is 14.6. The van der Waals surface area contributed by atoms with E-state index < -0.39 is 21.5 Å². The van der Waals surface area contributed by atoms with E-state index in [9.17, 15) is 13.2 Å². The number of hydrogen-bond donors (Lipinski definition) is 1. The van der Waals surface area contributed by atoms with Gasteiger partial charge in [0.1, 0.15) is 9.50 Å². The Morgan fingerprint density at radius 2 is 1.68 bits per heavy atom. The van der Waals surface area contributed by atoms with Gasteiger partial charge in [0.25, 0.3) is 0 Å². The summed E-state index contributed by atoms with van der Waals surface area (Å²) in [5, 5.41) is 3.45. The van der Waals surface area contributed by atoms with Crippen molar-refractivity contribution < 1.29 is 13.2 Å². The Bertz CT molecular complexity index is 621. The first kappa shape index (κ1) is 18.3. The molecule has 1 fully saturated rings. The Morgan fingerprint density at radius 1 is 1.23 bits per heavy atom. The smallest absolute Gasteiger partial charge is 0.274 e. The average Bonchev–Trinajstić information content (AvgIpc) is 2.87. The molecule has 0 radical (unpaired) electrons. The van der Waals surface area contributed by atoms with Crippen molar-refractivity contribution in [3.63, 3.8) is 0 Å². The molecule has 10 heteroatoms. The van der Waals surface area contributed by atoms with Crippen LogP contribution in [0.25, 0.3) is 0 Å². The second-order valence-electron chi connectivity index (χ2n) is 5.04. The summed E-state index contributed by atoms with van der Waals surface area (Å²) in [6, 6.07) is 1.48. The molecule has 1 saturated carbocycles. The largest absolute Gasteiger partial charge is 0.416 e. The molecule has 0 bridgehead atoms. The Morgan fingerprint density at radius 3 is 2.05 bits per heavy atom. The molecule has 2 rings (SSSR count). The van der Waals surface area contributed by atoms with Crippen LogP contribution in [-0.4, -0.2) is 9.50 Å². The third-order valence-electron chi connectivity index (χ3n) is 3.35. The third kappa shape index (κ3) is 3.39. The Balaban J connectivity index is 2.25. The van der Waals surface area contributed by atoms with Gasteiger partial charge in [-0.2, -0.15) is 18.3 Å². The second kappa shape index (κ2) is 5.78. The monoisotopic (exact) mass is 412 g/mol. The summed E-state index contributed by atoms with van der Waals surface area (Å²) in [6.45, 7) is 1.70. The minimum atomic E-state index is -4.55. The lowest BCUT2D eigenvalue weighted by Crippen LogP contribution is -2.14. The topological polar surface area (TPSA) is 24.4 Å². The molecular weight excluding hydrogens is 406 g/mol. The van der Waals surface area contributed by atoms with Gasteiger partial charge in [-0.3, -0.25) is 5.43 Å². The number of nitrogens with one attached hydrogen (secondary N) is 1. The molecule has 2 nitrogen and oxygen atoms in total. The molecule has 1 aliphatic rings. The highest BCUT2D eigenvalue weighted by Crippen LogP contribution is 2.65. The standard InChI is InChI=1S/C12H8Cl5F3N2/c1-10(4-11(10,16)17)9(15)22-21-8-6(13)2-5(3-7(8)14)12(18,19)20/h2-3,21H,4H2,1H3/b22-9-. The predicted molar refractivity (Wildman–Crippen MR) is 85.5 cm³/mol. The molecule has 1 aromatic rings. The third-order valence-corrected chi connectivity index (χ3v) is 5.55. The highest BCUT2D eigenvalue weighted by molar-refractivity contribution is 6.70. The van der Waals surface area contributed by atoms with Crippen LogP contribution in [0, 0.1) is 5.41 Å². The van der Waals surface area contributed by atoms with Crippen LogP contribution in [0.3, 0.4) is 0 Å². The molecule has 22 heavy (non-hydrogen) atoms. The van der Waals surface area contributed by atoms with Gasteiger partial charge in [-0.1, -0.05) is 41.7 Å². The fourth-order valence-electron chi connectivity index (χ4n) is 1.70. The average molecular weight is 414 g/mol. The SMILES string of the molecule is CC1(/C(Cl)=N/Nc2c(Cl)cc(C(F)(F)F)cc2Cl)CC1(Cl)Cl. The number of alkyl halides is 5. The highest BCUT2D eigenvalue weighted by Gasteiger charge is 2.66. The molecule has 1 N–H and O–H groups in total. The maximum atomic E-state index is 12.6. The molecular formula is C12H8Cl5F3N2. The maximum absolute atomic E-state index is 12.6. The summed E-state index contributed by atoms with van der Waals surface area (Å²) in [6.07, 6.45) is -4.15. The van der Waals surface area contributed by atoms with Crippen molar-refractivity contribution in [1.29, 1.82) is 0 Å². The van der Waals surface area contributed by atoms with E-state index in [0.29, 0.717) is 6.42 Å². The number of anilines is 1. The van der Waals surface area contributed by atoms with Gasteiger partial charge < -0.3 is 0 Å². The Labute approximate surface area is 149 Å². The van der Waals surface area contributed by atoms with Gasteiger partial charge >= 0.3 is 6.18 Å². The van der Waals surface area contributed by atoms with Crippen LogP contribution in [0.1, 0.15) is 18.9 Å². The number of hydrazone groups is 1. The number of rotatable bonds is 3. The lowest BCUT2D eigenvalue weighted by molar-refractivity contribution is -0.137. The molecule has 0 spiro atoms. The van der Waals surface area contributed by atoms with Crippen LogP contribution in [0.5, 0.6) is 0 Å². The van der Waals surface area contributed by atoms with E-state index >= 15 is 0 Å². The summed E-state index contributed by atoms with van der Waals surface area (Å²) in [5.74, 6) is 0. The van der Waals surface area contributed by atoms with Crippen LogP contribution in [0.4, 0.5) is 18.9 Å². The van der Waals surface area contributed by atoms with E-state index in [1.807, 2.05) is 0 Å². The van der Waals surface area contributed by atoms with Crippen molar-refractivity contribution in [2.24, 2.45) is 10.5 Å². The summed E-state index contributed by atoms with van der Waals surface area (Å²) in [5.41, 5.74) is 0.772. The molecule has 1 aliphatic carbocycles. The Kier molecular flexibility index (Phi) is 4.80. The number of nitrogens with zero attached hydrogens (tertiary/aromatic N) is 1. The number of hydrogen-bond acceptors (Lipinski definition) is 2. The van der Waals surface area contributed by atoms with Crippen LogP contribution in [0.2, 0.25) is 10.0 Å². The highest BCUT2D eigenvalue weighted by atomic mass is 35.5. The molecule has 0 aliphatic heterocycles. The summed E-state index contributed by atoms with van der Waals surface area (Å²) in [7, 11) is 0. The molecule has 0 amide bonds. The van der Waals surface area contributed by atoms with Gasteiger partial charge in [0, 0.05) is 0 Å². The van der Waals surface area contributed by atoms with Crippen LogP contribution < -0.4 is 5.43 Å². The maximum Gasteiger partial charge on any atom is 0.416 e. The predicted octanol–water partition coefficient (Wildman–Crippen LogP) is 6.56. The van der Waals surface area contributed by atoms with Gasteiger partial charge in [0.15, 0.2) is 0 Å². The Hall–Kier alpha value is -0.0700. The number of halogens is 8. The second-order valence-corrected chi connectivity index (χ2v) is 7.70. The summed E-state index contributed by atoms with van der Waals surface area (Å²) in [4.78, 5) is 0. The fourth-order valence-corrected chi connectivity index (χ4v) is 3.35. The van der Waals surface area contributed by atoms with Crippen LogP contribution in [0.15, 0.2) is 17.2 Å². The summed E-state index contributed by atoms with van der Waals surface area (Å²) < 4.78 is 36.9. The zero-order chi connectivity index (χ0) is 16.9. The fraction of sp³-hybridized carbons (Fsp3) is 0.417. The van der Waals surface area contributed by atoms with Gasteiger partial charge in [-0.05, 0) is 18.6 Å². The first-order valence-corrected chi connectivity index (χ1v) is 7.71. The van der Waals surface area contributed by atoms with Crippen molar-refractivity contribution in [2.45, 2.75) is 23.9 Å². The lowest BCUT2D eigenvalue weighted by atomic mass is 10.2. The van der Waals surface area contributed by atoms with E-state index in [1.165, 1.54) is 0 Å². The lowest BCUT2D eigenvalue weighted by Gasteiger charge is -2.13. The van der Waals surface area contributed by atoms with Gasteiger partial charge in [0.05, 0.1) is 26.7 Å². The van der Waals surface area contributed by atoms with Crippen molar-refractivity contribution >= 4 is 68.9 Å². The van der Waals surface area contributed by atoms with Crippen molar-refractivity contribution in [3.05, 3.63) is 27.7 Å². The molecule has 0 aromatic heterocycles. The van der Waals surface area contributed by atoms with Crippen molar-refractivity contribution in [2.75, 3.05) is 5.43 Å². The molecule has 0 saturated heterocycles. The molecule has 122 valence electrons. The number of benzene rings is 1. The molecule has 1 aromatic carbocycles. The van der Waals surface area contributed by atoms with E-state index in [0.717, 1.165) is 12.1 Å². The summed E-state index contributed by atoms with van der Waals surface area (Å²) >= 11 is 29.5. The first-order chi connectivity index (χ1) is 9.88. The van der Waals surface area contributed by atoms with Gasteiger partial charge in [-0.25, -0.2) is 0 Å². The van der Waals surface area contributed by atoms with Crippen molar-refractivity contribution in [3.8, 4) is 0 Å². The first-order valence-electron chi connectivity index (χ1n) is 5.82. The molecule has 0 heterocycles.